The molecule has 0 aliphatic heterocycles. The van der Waals surface area contributed by atoms with Gasteiger partial charge in [0.05, 0.1) is 5.75 Å². The summed E-state index contributed by atoms with van der Waals surface area (Å²) in [7, 11) is 0. The Morgan fingerprint density at radius 2 is 1.66 bits per heavy atom. The molecule has 0 atom stereocenters. The van der Waals surface area contributed by atoms with Crippen LogP contribution in [0.4, 0.5) is 5.69 Å². The smallest absolute Gasteiger partial charge is 0.272 e. The van der Waals surface area contributed by atoms with Crippen molar-refractivity contribution in [2.75, 3.05) is 11.1 Å². The van der Waals surface area contributed by atoms with Crippen LogP contribution in [0.1, 0.15) is 15.9 Å². The first-order valence-corrected chi connectivity index (χ1v) is 11.3. The highest BCUT2D eigenvalue weighted by Crippen LogP contribution is 2.21. The predicted molar refractivity (Wildman–Crippen MR) is 131 cm³/mol. The van der Waals surface area contributed by atoms with Crippen molar-refractivity contribution in [3.05, 3.63) is 100 Å². The second-order valence-corrected chi connectivity index (χ2v) is 8.63. The molecule has 32 heavy (non-hydrogen) atoms. The molecule has 3 amide bonds. The number of halogens is 1. The van der Waals surface area contributed by atoms with E-state index in [0.717, 1.165) is 14.9 Å². The van der Waals surface area contributed by atoms with Crippen LogP contribution in [0.2, 0.25) is 0 Å². The van der Waals surface area contributed by atoms with Gasteiger partial charge < -0.3 is 16.4 Å². The number of primary amides is 1. The molecule has 0 saturated heterocycles. The largest absolute Gasteiger partial charge is 0.369 e. The molecule has 0 bridgehead atoms. The van der Waals surface area contributed by atoms with Crippen molar-refractivity contribution in [3.8, 4) is 0 Å². The van der Waals surface area contributed by atoms with Crippen molar-refractivity contribution in [2.45, 2.75) is 4.90 Å². The summed E-state index contributed by atoms with van der Waals surface area (Å²) < 4.78 is 0.851. The van der Waals surface area contributed by atoms with E-state index in [0.29, 0.717) is 11.3 Å². The summed E-state index contributed by atoms with van der Waals surface area (Å²) in [5.74, 6) is -1.08. The lowest BCUT2D eigenvalue weighted by Gasteiger charge is -2.12. The summed E-state index contributed by atoms with van der Waals surface area (Å²) >= 11 is 4.72. The van der Waals surface area contributed by atoms with Gasteiger partial charge in [-0.2, -0.15) is 0 Å². The molecule has 0 radical (unpaired) electrons. The molecule has 6 nitrogen and oxygen atoms in total. The Morgan fingerprint density at radius 3 is 2.31 bits per heavy atom. The predicted octanol–water partition coefficient (Wildman–Crippen LogP) is 4.44. The highest BCUT2D eigenvalue weighted by molar-refractivity contribution is 9.10. The van der Waals surface area contributed by atoms with Gasteiger partial charge in [-0.3, -0.25) is 14.4 Å². The van der Waals surface area contributed by atoms with Gasteiger partial charge in [0.2, 0.25) is 5.91 Å². The number of carbonyl (C=O) groups is 3. The second-order valence-electron chi connectivity index (χ2n) is 6.67. The van der Waals surface area contributed by atoms with E-state index in [4.69, 9.17) is 5.73 Å². The molecule has 0 saturated carbocycles. The summed E-state index contributed by atoms with van der Waals surface area (Å²) in [6.45, 7) is 0. The molecule has 0 aliphatic carbocycles. The zero-order chi connectivity index (χ0) is 22.9. The molecule has 0 unspecified atom stereocenters. The molecule has 3 rings (SSSR count). The van der Waals surface area contributed by atoms with E-state index in [1.807, 2.05) is 30.3 Å². The average molecular weight is 510 g/mol. The summed E-state index contributed by atoms with van der Waals surface area (Å²) in [4.78, 5) is 37.4. The lowest BCUT2D eigenvalue weighted by Crippen LogP contribution is -2.30. The standard InChI is InChI=1S/C24H20BrN3O3S/c25-18-8-4-5-16(13-18)14-21(28-23(30)17-6-2-1-3-7-17)24(31)27-19-9-11-20(12-10-19)32-15-22(26)29/h1-14H,15H2,(H2,26,29)(H,27,31)(H,28,30)/b21-14-. The summed E-state index contributed by atoms with van der Waals surface area (Å²) in [6.07, 6.45) is 1.61. The van der Waals surface area contributed by atoms with Crippen molar-refractivity contribution in [1.29, 1.82) is 0 Å². The lowest BCUT2D eigenvalue weighted by atomic mass is 10.1. The van der Waals surface area contributed by atoms with Gasteiger partial charge in [-0.05, 0) is 60.2 Å². The molecule has 3 aromatic carbocycles. The molecule has 8 heteroatoms. The number of nitrogens with two attached hydrogens (primary N) is 1. The SMILES string of the molecule is NC(=O)CSc1ccc(NC(=O)/C(=C/c2cccc(Br)c2)NC(=O)c2ccccc2)cc1. The minimum absolute atomic E-state index is 0.101. The fourth-order valence-corrected chi connectivity index (χ4v) is 3.75. The lowest BCUT2D eigenvalue weighted by molar-refractivity contribution is -0.115. The Bertz CT molecular complexity index is 1150. The van der Waals surface area contributed by atoms with Crippen LogP contribution in [0.3, 0.4) is 0 Å². The van der Waals surface area contributed by atoms with Gasteiger partial charge in [-0.1, -0.05) is 46.3 Å². The van der Waals surface area contributed by atoms with E-state index in [2.05, 4.69) is 26.6 Å². The molecule has 0 aliphatic rings. The maximum Gasteiger partial charge on any atom is 0.272 e. The van der Waals surface area contributed by atoms with Crippen molar-refractivity contribution < 1.29 is 14.4 Å². The van der Waals surface area contributed by atoms with Gasteiger partial charge in [0, 0.05) is 20.6 Å². The normalized spacial score (nSPS) is 11.0. The molecule has 0 spiro atoms. The van der Waals surface area contributed by atoms with Crippen LogP contribution in [0.15, 0.2) is 93.9 Å². The Kier molecular flexibility index (Phi) is 8.24. The van der Waals surface area contributed by atoms with Gasteiger partial charge >= 0.3 is 0 Å². The highest BCUT2D eigenvalue weighted by atomic mass is 79.9. The number of hydrogen-bond donors (Lipinski definition) is 3. The van der Waals surface area contributed by atoms with Crippen LogP contribution in [0.5, 0.6) is 0 Å². The third-order valence-electron chi connectivity index (χ3n) is 4.18. The van der Waals surface area contributed by atoms with Crippen LogP contribution >= 0.6 is 27.7 Å². The first-order valence-electron chi connectivity index (χ1n) is 9.57. The average Bonchev–Trinajstić information content (AvgIpc) is 2.78. The van der Waals surface area contributed by atoms with Gasteiger partial charge in [0.15, 0.2) is 0 Å². The monoisotopic (exact) mass is 509 g/mol. The van der Waals surface area contributed by atoms with E-state index in [1.165, 1.54) is 11.8 Å². The fourth-order valence-electron chi connectivity index (χ4n) is 2.69. The zero-order valence-corrected chi connectivity index (χ0v) is 19.3. The van der Waals surface area contributed by atoms with Crippen molar-refractivity contribution in [1.82, 2.24) is 5.32 Å². The third kappa shape index (κ3) is 7.11. The quantitative estimate of drug-likeness (QED) is 0.308. The molecule has 0 aromatic heterocycles. The fraction of sp³-hybridized carbons (Fsp3) is 0.0417. The topological polar surface area (TPSA) is 101 Å². The van der Waals surface area contributed by atoms with Gasteiger partial charge in [-0.15, -0.1) is 11.8 Å². The Morgan fingerprint density at radius 1 is 0.938 bits per heavy atom. The van der Waals surface area contributed by atoms with E-state index >= 15 is 0 Å². The number of thioether (sulfide) groups is 1. The molecule has 0 fully saturated rings. The molecule has 3 aromatic rings. The van der Waals surface area contributed by atoms with Crippen LogP contribution in [0, 0.1) is 0 Å². The number of benzene rings is 3. The van der Waals surface area contributed by atoms with Crippen molar-refractivity contribution >= 4 is 57.2 Å². The van der Waals surface area contributed by atoms with E-state index in [9.17, 15) is 14.4 Å². The van der Waals surface area contributed by atoms with Crippen molar-refractivity contribution in [2.24, 2.45) is 5.73 Å². The number of anilines is 1. The Balaban J connectivity index is 1.80. The zero-order valence-electron chi connectivity index (χ0n) is 16.9. The summed E-state index contributed by atoms with van der Waals surface area (Å²) in [5.41, 5.74) is 7.00. The minimum Gasteiger partial charge on any atom is -0.369 e. The summed E-state index contributed by atoms with van der Waals surface area (Å²) in [5, 5.41) is 5.50. The van der Waals surface area contributed by atoms with Crippen LogP contribution in [0.25, 0.3) is 6.08 Å². The van der Waals surface area contributed by atoms with E-state index in [1.54, 1.807) is 54.6 Å². The number of rotatable bonds is 8. The van der Waals surface area contributed by atoms with Crippen LogP contribution in [-0.2, 0) is 9.59 Å². The van der Waals surface area contributed by atoms with E-state index in [-0.39, 0.29) is 17.4 Å². The van der Waals surface area contributed by atoms with Crippen LogP contribution in [-0.4, -0.2) is 23.5 Å². The maximum atomic E-state index is 13.0. The van der Waals surface area contributed by atoms with E-state index < -0.39 is 11.8 Å². The molecule has 4 N–H and O–H groups in total. The number of hydrogen-bond acceptors (Lipinski definition) is 4. The molecular weight excluding hydrogens is 490 g/mol. The Labute approximate surface area is 198 Å². The van der Waals surface area contributed by atoms with Gasteiger partial charge in [-0.25, -0.2) is 0 Å². The Hall–Kier alpha value is -3.36. The van der Waals surface area contributed by atoms with Gasteiger partial charge in [0.1, 0.15) is 5.70 Å². The number of amides is 3. The number of carbonyl (C=O) groups excluding carboxylic acids is 3. The molecule has 162 valence electrons. The number of nitrogens with one attached hydrogen (secondary N) is 2. The van der Waals surface area contributed by atoms with Crippen molar-refractivity contribution in [3.63, 3.8) is 0 Å². The molecule has 0 heterocycles. The highest BCUT2D eigenvalue weighted by Gasteiger charge is 2.15. The summed E-state index contributed by atoms with van der Waals surface area (Å²) in [6, 6.07) is 23.1. The second kappa shape index (κ2) is 11.3. The minimum atomic E-state index is -0.466. The van der Waals surface area contributed by atoms with Crippen LogP contribution < -0.4 is 16.4 Å². The third-order valence-corrected chi connectivity index (χ3v) is 5.71. The van der Waals surface area contributed by atoms with Gasteiger partial charge in [0.25, 0.3) is 11.8 Å². The first-order chi connectivity index (χ1) is 15.4. The maximum absolute atomic E-state index is 13.0. The molecular formula is C24H20BrN3O3S. The first kappa shape index (κ1) is 23.3.